The van der Waals surface area contributed by atoms with E-state index in [2.05, 4.69) is 43.9 Å². The van der Waals surface area contributed by atoms with Crippen LogP contribution >= 0.6 is 12.4 Å². The molecule has 2 heterocycles. The van der Waals surface area contributed by atoms with Crippen LogP contribution in [0.1, 0.15) is 110 Å². The van der Waals surface area contributed by atoms with Crippen LogP contribution in [0.2, 0.25) is 0 Å². The first-order chi connectivity index (χ1) is 20.5. The average molecular weight is 612 g/mol. The second-order valence-corrected chi connectivity index (χ2v) is 11.4. The van der Waals surface area contributed by atoms with E-state index in [0.29, 0.717) is 36.5 Å². The molecule has 0 bridgehead atoms. The van der Waals surface area contributed by atoms with Crippen molar-refractivity contribution in [1.82, 2.24) is 14.2 Å². The zero-order valence-electron chi connectivity index (χ0n) is 27.2. The summed E-state index contributed by atoms with van der Waals surface area (Å²) in [6, 6.07) is 14.0. The normalized spacial score (nSPS) is 11.2. The molecule has 43 heavy (non-hydrogen) atoms. The van der Waals surface area contributed by atoms with Crippen LogP contribution in [0.25, 0.3) is 5.52 Å². The lowest BCUT2D eigenvalue weighted by Gasteiger charge is -2.21. The quantitative estimate of drug-likeness (QED) is 0.122. The van der Waals surface area contributed by atoms with Crippen LogP contribution in [0.4, 0.5) is 0 Å². The van der Waals surface area contributed by atoms with E-state index >= 15 is 0 Å². The Bertz CT molecular complexity index is 1250. The Labute approximate surface area is 266 Å². The fraction of sp³-hybridized carbons (Fsp3) is 0.556. The molecule has 3 rings (SSSR count). The van der Waals surface area contributed by atoms with Crippen molar-refractivity contribution in [2.24, 2.45) is 0 Å². The fourth-order valence-electron chi connectivity index (χ4n) is 5.53. The zero-order chi connectivity index (χ0) is 30.3. The molecule has 0 aliphatic heterocycles. The number of carbonyl (C=O) groups excluding carboxylic acids is 2. The predicted octanol–water partition coefficient (Wildman–Crippen LogP) is 7.88. The number of fused-ring (bicyclic) bond motifs is 1. The first-order valence-corrected chi connectivity index (χ1v) is 16.2. The van der Waals surface area contributed by atoms with Crippen molar-refractivity contribution in [1.29, 1.82) is 0 Å². The second kappa shape index (κ2) is 19.6. The molecule has 1 aromatic carbocycles. The van der Waals surface area contributed by atoms with Crippen molar-refractivity contribution in [3.63, 3.8) is 0 Å². The van der Waals surface area contributed by atoms with E-state index in [-0.39, 0.29) is 24.1 Å². The smallest absolute Gasteiger partial charge is 0.254 e. The standard InChI is InChI=1S/C36H53N3O3.ClH/c1-6-10-15-31-27-33-28-32(36(41)38(9-4)25-26-42-5)20-24-39(33)34(31)35(40)30-18-16-29(17-19-30)14-13-23-37(21-11-7-2)22-12-8-3;/h16-20,24,27-28H,6-15,21-23,25-26H2,1-5H3;1H. The lowest BCUT2D eigenvalue weighted by molar-refractivity contribution is 0.0706. The molecule has 0 saturated carbocycles. The first kappa shape index (κ1) is 36.5. The summed E-state index contributed by atoms with van der Waals surface area (Å²) >= 11 is 0. The van der Waals surface area contributed by atoms with Crippen molar-refractivity contribution < 1.29 is 14.3 Å². The summed E-state index contributed by atoms with van der Waals surface area (Å²) < 4.78 is 7.14. The number of nitrogens with zero attached hydrogens (tertiary/aromatic N) is 3. The minimum atomic E-state index is -0.0179. The largest absolute Gasteiger partial charge is 0.383 e. The third kappa shape index (κ3) is 10.5. The molecule has 7 heteroatoms. The van der Waals surface area contributed by atoms with Crippen molar-refractivity contribution in [3.05, 3.63) is 76.6 Å². The number of pyridine rings is 1. The summed E-state index contributed by atoms with van der Waals surface area (Å²) in [5.41, 5.74) is 5.25. The second-order valence-electron chi connectivity index (χ2n) is 11.4. The predicted molar refractivity (Wildman–Crippen MR) is 181 cm³/mol. The van der Waals surface area contributed by atoms with Gasteiger partial charge in [0, 0.05) is 43.0 Å². The lowest BCUT2D eigenvalue weighted by atomic mass is 10.00. The summed E-state index contributed by atoms with van der Waals surface area (Å²) in [7, 11) is 1.65. The number of likely N-dealkylation sites (N-methyl/N-ethyl adjacent to an activating group) is 1. The SMILES string of the molecule is CCCCc1cc2cc(C(=O)N(CC)CCOC)ccn2c1C(=O)c1ccc(CCCN(CCCC)CCCC)cc1.Cl. The number of ketones is 1. The topological polar surface area (TPSA) is 54.3 Å². The number of carbonyl (C=O) groups is 2. The maximum atomic E-state index is 13.9. The van der Waals surface area contributed by atoms with Gasteiger partial charge in [0.15, 0.2) is 0 Å². The van der Waals surface area contributed by atoms with Gasteiger partial charge in [0.05, 0.1) is 12.3 Å². The van der Waals surface area contributed by atoms with E-state index in [1.54, 1.807) is 12.0 Å². The van der Waals surface area contributed by atoms with Crippen LogP contribution in [0, 0.1) is 0 Å². The molecule has 0 radical (unpaired) electrons. The molecule has 0 atom stereocenters. The van der Waals surface area contributed by atoms with E-state index in [9.17, 15) is 9.59 Å². The highest BCUT2D eigenvalue weighted by atomic mass is 35.5. The molecule has 0 spiro atoms. The number of aromatic nitrogens is 1. The summed E-state index contributed by atoms with van der Waals surface area (Å²) in [5, 5.41) is 0. The van der Waals surface area contributed by atoms with Crippen LogP contribution in [0.5, 0.6) is 0 Å². The average Bonchev–Trinajstić information content (AvgIpc) is 3.38. The van der Waals surface area contributed by atoms with Crippen LogP contribution in [0.3, 0.4) is 0 Å². The van der Waals surface area contributed by atoms with Gasteiger partial charge in [-0.2, -0.15) is 0 Å². The number of halogens is 1. The number of aryl methyl sites for hydroxylation is 2. The van der Waals surface area contributed by atoms with Crippen molar-refractivity contribution in [2.75, 3.05) is 46.4 Å². The highest BCUT2D eigenvalue weighted by Gasteiger charge is 2.21. The fourth-order valence-corrected chi connectivity index (χ4v) is 5.53. The molecule has 0 fully saturated rings. The molecule has 0 saturated heterocycles. The number of rotatable bonds is 20. The van der Waals surface area contributed by atoms with Gasteiger partial charge in [-0.1, -0.05) is 64.3 Å². The maximum absolute atomic E-state index is 13.9. The van der Waals surface area contributed by atoms with E-state index in [1.807, 2.05) is 41.8 Å². The Balaban J connectivity index is 0.00000645. The van der Waals surface area contributed by atoms with Crippen molar-refractivity contribution in [2.45, 2.75) is 85.5 Å². The summed E-state index contributed by atoms with van der Waals surface area (Å²) in [5.74, 6) is 0.0167. The molecular weight excluding hydrogens is 558 g/mol. The molecule has 0 aliphatic rings. The summed E-state index contributed by atoms with van der Waals surface area (Å²) in [4.78, 5) is 31.5. The van der Waals surface area contributed by atoms with Gasteiger partial charge in [-0.25, -0.2) is 0 Å². The Morgan fingerprint density at radius 3 is 2.02 bits per heavy atom. The molecule has 2 aromatic heterocycles. The number of methoxy groups -OCH3 is 1. The van der Waals surface area contributed by atoms with Gasteiger partial charge < -0.3 is 18.9 Å². The minimum absolute atomic E-state index is 0. The van der Waals surface area contributed by atoms with Crippen LogP contribution in [-0.4, -0.2) is 72.3 Å². The van der Waals surface area contributed by atoms with Gasteiger partial charge >= 0.3 is 0 Å². The van der Waals surface area contributed by atoms with E-state index in [1.165, 1.54) is 44.3 Å². The molecule has 0 aliphatic carbocycles. The maximum Gasteiger partial charge on any atom is 0.254 e. The van der Waals surface area contributed by atoms with Gasteiger partial charge in [-0.05, 0) is 94.4 Å². The highest BCUT2D eigenvalue weighted by Crippen LogP contribution is 2.24. The Morgan fingerprint density at radius 2 is 1.42 bits per heavy atom. The highest BCUT2D eigenvalue weighted by molar-refractivity contribution is 6.10. The monoisotopic (exact) mass is 611 g/mol. The number of hydrogen-bond donors (Lipinski definition) is 0. The Hall–Kier alpha value is -2.67. The van der Waals surface area contributed by atoms with Gasteiger partial charge in [-0.3, -0.25) is 9.59 Å². The third-order valence-corrected chi connectivity index (χ3v) is 8.16. The number of unbranched alkanes of at least 4 members (excludes halogenated alkanes) is 3. The third-order valence-electron chi connectivity index (χ3n) is 8.16. The van der Waals surface area contributed by atoms with E-state index < -0.39 is 0 Å². The van der Waals surface area contributed by atoms with E-state index in [4.69, 9.17) is 4.74 Å². The van der Waals surface area contributed by atoms with Crippen molar-refractivity contribution in [3.8, 4) is 0 Å². The number of ether oxygens (including phenoxy) is 1. The van der Waals surface area contributed by atoms with Crippen LogP contribution < -0.4 is 0 Å². The number of hydrogen-bond acceptors (Lipinski definition) is 4. The molecule has 1 amide bonds. The summed E-state index contributed by atoms with van der Waals surface area (Å²) in [6.07, 6.45) is 11.9. The van der Waals surface area contributed by atoms with Crippen LogP contribution in [0.15, 0.2) is 48.7 Å². The Kier molecular flexibility index (Phi) is 16.6. The molecule has 238 valence electrons. The minimum Gasteiger partial charge on any atom is -0.383 e. The van der Waals surface area contributed by atoms with Crippen molar-refractivity contribution >= 4 is 29.6 Å². The number of benzene rings is 1. The summed E-state index contributed by atoms with van der Waals surface area (Å²) in [6.45, 7) is 13.8. The first-order valence-electron chi connectivity index (χ1n) is 16.2. The van der Waals surface area contributed by atoms with Crippen LogP contribution in [-0.2, 0) is 17.6 Å². The lowest BCUT2D eigenvalue weighted by Crippen LogP contribution is -2.33. The molecular formula is C36H54ClN3O3. The van der Waals surface area contributed by atoms with Gasteiger partial charge in [0.25, 0.3) is 5.91 Å². The van der Waals surface area contributed by atoms with E-state index in [0.717, 1.165) is 49.7 Å². The van der Waals surface area contributed by atoms with Gasteiger partial charge in [0.2, 0.25) is 5.78 Å². The van der Waals surface area contributed by atoms with Gasteiger partial charge in [0.1, 0.15) is 0 Å². The molecule has 6 nitrogen and oxygen atoms in total. The molecule has 0 unspecified atom stereocenters. The molecule has 3 aromatic rings. The Morgan fingerprint density at radius 1 is 0.767 bits per heavy atom. The zero-order valence-corrected chi connectivity index (χ0v) is 28.0. The molecule has 0 N–H and O–H groups in total. The number of amides is 1. The van der Waals surface area contributed by atoms with Gasteiger partial charge in [-0.15, -0.1) is 12.4 Å².